The Morgan fingerprint density at radius 3 is 2.42 bits per heavy atom. The minimum Gasteiger partial charge on any atom is -0.482 e. The summed E-state index contributed by atoms with van der Waals surface area (Å²) in [5.74, 6) is -0.996. The number of nitrogens with two attached hydrogens (primary N) is 1. The number of halogens is 4. The van der Waals surface area contributed by atoms with E-state index in [9.17, 15) is 27.2 Å². The number of aromatic nitrogens is 1. The fraction of sp³-hybridized carbons (Fsp3) is 0.316. The van der Waals surface area contributed by atoms with Gasteiger partial charge < -0.3 is 25.6 Å². The Bertz CT molecular complexity index is 945. The maximum atomic E-state index is 13.5. The fourth-order valence-electron chi connectivity index (χ4n) is 2.94. The molecule has 8 nitrogen and oxygen atoms in total. The van der Waals surface area contributed by atoms with Crippen LogP contribution in [0, 0.1) is 5.82 Å². The molecule has 0 radical (unpaired) electrons. The van der Waals surface area contributed by atoms with Crippen molar-refractivity contribution in [1.82, 2.24) is 9.88 Å². The van der Waals surface area contributed by atoms with E-state index in [1.54, 1.807) is 12.1 Å². The molecule has 2 aromatic rings. The third-order valence-corrected chi connectivity index (χ3v) is 4.50. The second kappa shape index (κ2) is 9.06. The molecule has 1 aromatic carbocycles. The normalized spacial score (nSPS) is 14.3. The maximum absolute atomic E-state index is 13.5. The van der Waals surface area contributed by atoms with Gasteiger partial charge in [0.15, 0.2) is 6.61 Å². The smallest absolute Gasteiger partial charge is 0.422 e. The molecule has 12 heteroatoms. The van der Waals surface area contributed by atoms with E-state index in [0.29, 0.717) is 32.0 Å². The lowest BCUT2D eigenvalue weighted by atomic mass is 10.2. The van der Waals surface area contributed by atoms with Crippen molar-refractivity contribution in [3.63, 3.8) is 0 Å². The molecule has 0 spiro atoms. The van der Waals surface area contributed by atoms with Crippen LogP contribution in [-0.2, 0) is 0 Å². The molecule has 166 valence electrons. The molecule has 1 aromatic heterocycles. The lowest BCUT2D eigenvalue weighted by Crippen LogP contribution is -2.50. The van der Waals surface area contributed by atoms with Gasteiger partial charge in [-0.05, 0) is 24.3 Å². The third-order valence-electron chi connectivity index (χ3n) is 4.50. The minimum atomic E-state index is -4.57. The molecule has 3 rings (SSSR count). The van der Waals surface area contributed by atoms with Gasteiger partial charge in [-0.3, -0.25) is 4.79 Å². The second-order valence-electron chi connectivity index (χ2n) is 6.72. The van der Waals surface area contributed by atoms with Crippen LogP contribution in [0.4, 0.5) is 33.9 Å². The molecule has 1 aliphatic heterocycles. The topological polar surface area (TPSA) is 101 Å². The molecule has 1 aliphatic rings. The van der Waals surface area contributed by atoms with Gasteiger partial charge in [0.05, 0.1) is 11.3 Å². The predicted octanol–water partition coefficient (Wildman–Crippen LogP) is 2.61. The van der Waals surface area contributed by atoms with E-state index in [1.807, 2.05) is 4.90 Å². The number of alkyl halides is 3. The fourth-order valence-corrected chi connectivity index (χ4v) is 2.94. The molecular formula is C19H19F4N5O3. The summed E-state index contributed by atoms with van der Waals surface area (Å²) in [5, 5.41) is 2.40. The molecule has 3 N–H and O–H groups in total. The summed E-state index contributed by atoms with van der Waals surface area (Å²) >= 11 is 0. The van der Waals surface area contributed by atoms with Crippen molar-refractivity contribution in [3.8, 4) is 5.75 Å². The highest BCUT2D eigenvalue weighted by Gasteiger charge is 2.29. The van der Waals surface area contributed by atoms with Crippen LogP contribution in [0.3, 0.4) is 0 Å². The summed E-state index contributed by atoms with van der Waals surface area (Å²) in [6, 6.07) is 5.46. The number of hydrogen-bond acceptors (Lipinski definition) is 5. The molecule has 1 saturated heterocycles. The van der Waals surface area contributed by atoms with Gasteiger partial charge in [-0.1, -0.05) is 0 Å². The molecule has 0 aliphatic carbocycles. The Kier molecular flexibility index (Phi) is 6.47. The van der Waals surface area contributed by atoms with E-state index in [1.165, 1.54) is 11.1 Å². The molecule has 31 heavy (non-hydrogen) atoms. The maximum Gasteiger partial charge on any atom is 0.422 e. The van der Waals surface area contributed by atoms with Crippen molar-refractivity contribution in [2.45, 2.75) is 6.18 Å². The molecule has 0 atom stereocenters. The van der Waals surface area contributed by atoms with E-state index in [-0.39, 0.29) is 17.0 Å². The van der Waals surface area contributed by atoms with Gasteiger partial charge in [0.2, 0.25) is 5.91 Å². The number of nitrogens with one attached hydrogen (secondary N) is 1. The lowest BCUT2D eigenvalue weighted by Gasteiger charge is -2.35. The predicted molar refractivity (Wildman–Crippen MR) is 104 cm³/mol. The van der Waals surface area contributed by atoms with Crippen LogP contribution in [0.5, 0.6) is 5.75 Å². The molecule has 1 fully saturated rings. The van der Waals surface area contributed by atoms with E-state index >= 15 is 0 Å². The number of carbonyl (C=O) groups is 2. The number of amides is 3. The minimum absolute atomic E-state index is 0.194. The highest BCUT2D eigenvalue weighted by atomic mass is 19.4. The van der Waals surface area contributed by atoms with Crippen LogP contribution in [0.2, 0.25) is 0 Å². The van der Waals surface area contributed by atoms with Gasteiger partial charge in [-0.2, -0.15) is 13.2 Å². The first-order valence-electron chi connectivity index (χ1n) is 9.18. The van der Waals surface area contributed by atoms with Gasteiger partial charge in [-0.25, -0.2) is 14.2 Å². The van der Waals surface area contributed by atoms with E-state index in [4.69, 9.17) is 5.73 Å². The molecule has 0 bridgehead atoms. The zero-order valence-electron chi connectivity index (χ0n) is 16.2. The van der Waals surface area contributed by atoms with Gasteiger partial charge in [0, 0.05) is 38.4 Å². The third kappa shape index (κ3) is 5.96. The van der Waals surface area contributed by atoms with Gasteiger partial charge >= 0.3 is 12.2 Å². The highest BCUT2D eigenvalue weighted by Crippen LogP contribution is 2.28. The van der Waals surface area contributed by atoms with Crippen molar-refractivity contribution >= 4 is 23.4 Å². The Labute approximate surface area is 174 Å². The number of hydrogen-bond donors (Lipinski definition) is 2. The Hall–Kier alpha value is -3.57. The Balaban J connectivity index is 1.60. The van der Waals surface area contributed by atoms with Crippen LogP contribution < -0.4 is 20.7 Å². The summed E-state index contributed by atoms with van der Waals surface area (Å²) < 4.78 is 55.5. The summed E-state index contributed by atoms with van der Waals surface area (Å²) in [6.45, 7) is -0.131. The van der Waals surface area contributed by atoms with E-state index < -0.39 is 30.5 Å². The monoisotopic (exact) mass is 441 g/mol. The summed E-state index contributed by atoms with van der Waals surface area (Å²) in [7, 11) is 0. The summed E-state index contributed by atoms with van der Waals surface area (Å²) in [6.07, 6.45) is -3.21. The summed E-state index contributed by atoms with van der Waals surface area (Å²) in [5.41, 5.74) is 5.27. The van der Waals surface area contributed by atoms with Crippen LogP contribution in [0.1, 0.15) is 10.4 Å². The number of piperazine rings is 1. The number of primary amides is 1. The Morgan fingerprint density at radius 2 is 1.84 bits per heavy atom. The first-order valence-corrected chi connectivity index (χ1v) is 9.18. The van der Waals surface area contributed by atoms with Crippen LogP contribution >= 0.6 is 0 Å². The zero-order valence-corrected chi connectivity index (χ0v) is 16.2. The Morgan fingerprint density at radius 1 is 1.13 bits per heavy atom. The van der Waals surface area contributed by atoms with Crippen molar-refractivity contribution in [2.75, 3.05) is 43.0 Å². The average molecular weight is 441 g/mol. The largest absolute Gasteiger partial charge is 0.482 e. The number of rotatable bonds is 5. The van der Waals surface area contributed by atoms with Crippen molar-refractivity contribution in [2.24, 2.45) is 5.73 Å². The highest BCUT2D eigenvalue weighted by molar-refractivity contribution is 5.92. The number of anilines is 2. The number of pyridine rings is 1. The molecule has 0 saturated carbocycles. The van der Waals surface area contributed by atoms with Crippen LogP contribution in [0.25, 0.3) is 0 Å². The number of benzene rings is 1. The molecule has 2 heterocycles. The molecular weight excluding hydrogens is 422 g/mol. The first-order chi connectivity index (χ1) is 14.6. The van der Waals surface area contributed by atoms with Gasteiger partial charge in [0.1, 0.15) is 17.4 Å². The zero-order chi connectivity index (χ0) is 22.6. The van der Waals surface area contributed by atoms with Crippen molar-refractivity contribution in [3.05, 3.63) is 47.9 Å². The number of ether oxygens (including phenoxy) is 1. The van der Waals surface area contributed by atoms with E-state index in [0.717, 1.165) is 18.2 Å². The quantitative estimate of drug-likeness (QED) is 0.695. The summed E-state index contributed by atoms with van der Waals surface area (Å²) in [4.78, 5) is 31.2. The van der Waals surface area contributed by atoms with E-state index in [2.05, 4.69) is 15.0 Å². The first kappa shape index (κ1) is 22.1. The second-order valence-corrected chi connectivity index (χ2v) is 6.72. The van der Waals surface area contributed by atoms with Gasteiger partial charge in [0.25, 0.3) is 0 Å². The number of urea groups is 1. The number of nitrogens with zero attached hydrogens (tertiary/aromatic N) is 3. The molecule has 0 unspecified atom stereocenters. The average Bonchev–Trinajstić information content (AvgIpc) is 2.72. The standard InChI is InChI=1S/C19H19F4N5O3/c20-13-2-3-15(31-11-19(21,22)23)14(9-13)26-18(30)28-7-5-27(6-8-28)16-4-1-12(10-25-16)17(24)29/h1-4,9-10H,5-8,11H2,(H2,24,29)(H,26,30). The SMILES string of the molecule is NC(=O)c1ccc(N2CCN(C(=O)Nc3cc(F)ccc3OCC(F)(F)F)CC2)nc1. The van der Waals surface area contributed by atoms with Crippen molar-refractivity contribution < 1.29 is 31.9 Å². The van der Waals surface area contributed by atoms with Crippen LogP contribution in [-0.4, -0.2) is 60.8 Å². The molecule has 3 amide bonds. The van der Waals surface area contributed by atoms with Crippen LogP contribution in [0.15, 0.2) is 36.5 Å². The van der Waals surface area contributed by atoms with Crippen molar-refractivity contribution in [1.29, 1.82) is 0 Å². The lowest BCUT2D eigenvalue weighted by molar-refractivity contribution is -0.153. The number of carbonyl (C=O) groups excluding carboxylic acids is 2. The van der Waals surface area contributed by atoms with Gasteiger partial charge in [-0.15, -0.1) is 0 Å².